The Morgan fingerprint density at radius 1 is 1.42 bits per heavy atom. The van der Waals surface area contributed by atoms with Gasteiger partial charge in [0, 0.05) is 12.2 Å². The molecule has 66 valence electrons. The Labute approximate surface area is 72.7 Å². The molecule has 0 aliphatic carbocycles. The highest BCUT2D eigenvalue weighted by molar-refractivity contribution is 5.27. The Hall–Kier alpha value is -1.09. The van der Waals surface area contributed by atoms with E-state index in [4.69, 9.17) is 0 Å². The number of hydrogen-bond acceptors (Lipinski definition) is 3. The Balaban J connectivity index is 2.90. The van der Waals surface area contributed by atoms with Gasteiger partial charge < -0.3 is 10.0 Å². The summed E-state index contributed by atoms with van der Waals surface area (Å²) >= 11 is 0. The molecule has 0 spiro atoms. The first-order chi connectivity index (χ1) is 5.59. The Kier molecular flexibility index (Phi) is 2.65. The fourth-order valence-corrected chi connectivity index (χ4v) is 1.02. The quantitative estimate of drug-likeness (QED) is 0.716. The summed E-state index contributed by atoms with van der Waals surface area (Å²) in [4.78, 5) is 6.19. The first-order valence-electron chi connectivity index (χ1n) is 3.90. The Bertz CT molecular complexity index is 271. The lowest BCUT2D eigenvalue weighted by Crippen LogP contribution is -2.12. The lowest BCUT2D eigenvalue weighted by Gasteiger charge is -2.10. The Morgan fingerprint density at radius 2 is 2.08 bits per heavy atom. The third-order valence-corrected chi connectivity index (χ3v) is 1.56. The fraction of sp³-hybridized carbons (Fsp3) is 0.444. The van der Waals surface area contributed by atoms with Gasteiger partial charge in [-0.2, -0.15) is 0 Å². The number of pyridine rings is 1. The first kappa shape index (κ1) is 9.00. The maximum atomic E-state index is 9.39. The van der Waals surface area contributed by atoms with Gasteiger partial charge in [-0.05, 0) is 33.2 Å². The molecule has 0 atom stereocenters. The third kappa shape index (κ3) is 2.20. The van der Waals surface area contributed by atoms with Crippen molar-refractivity contribution in [3.63, 3.8) is 0 Å². The number of aromatic nitrogens is 1. The summed E-state index contributed by atoms with van der Waals surface area (Å²) in [7, 11) is 3.90. The van der Waals surface area contributed by atoms with Crippen molar-refractivity contribution in [2.75, 3.05) is 14.1 Å². The minimum Gasteiger partial charge on any atom is -0.506 e. The van der Waals surface area contributed by atoms with E-state index in [1.807, 2.05) is 25.9 Å². The molecule has 1 rings (SSSR count). The second-order valence-electron chi connectivity index (χ2n) is 3.16. The van der Waals surface area contributed by atoms with Gasteiger partial charge in [-0.1, -0.05) is 0 Å². The molecular weight excluding hydrogens is 152 g/mol. The molecule has 1 N–H and O–H groups in total. The van der Waals surface area contributed by atoms with Crippen LogP contribution in [-0.4, -0.2) is 29.1 Å². The highest BCUT2D eigenvalue weighted by Crippen LogP contribution is 2.15. The highest BCUT2D eigenvalue weighted by Gasteiger charge is 2.03. The fourth-order valence-electron chi connectivity index (χ4n) is 1.02. The highest BCUT2D eigenvalue weighted by atomic mass is 16.3. The largest absolute Gasteiger partial charge is 0.506 e. The van der Waals surface area contributed by atoms with Gasteiger partial charge in [0.2, 0.25) is 0 Å². The van der Waals surface area contributed by atoms with Crippen LogP contribution in [0.2, 0.25) is 0 Å². The summed E-state index contributed by atoms with van der Waals surface area (Å²) in [5, 5.41) is 9.39. The summed E-state index contributed by atoms with van der Waals surface area (Å²) in [6, 6.07) is 3.48. The zero-order valence-corrected chi connectivity index (χ0v) is 7.70. The van der Waals surface area contributed by atoms with E-state index in [-0.39, 0.29) is 5.75 Å². The summed E-state index contributed by atoms with van der Waals surface area (Å²) in [6.07, 6.45) is 0. The van der Waals surface area contributed by atoms with Crippen molar-refractivity contribution in [3.8, 4) is 5.75 Å². The van der Waals surface area contributed by atoms with Crippen molar-refractivity contribution in [1.29, 1.82) is 0 Å². The molecule has 1 aromatic heterocycles. The number of aromatic hydroxyl groups is 1. The monoisotopic (exact) mass is 166 g/mol. The maximum Gasteiger partial charge on any atom is 0.138 e. The molecule has 1 heterocycles. The van der Waals surface area contributed by atoms with Gasteiger partial charge in [0.05, 0.1) is 5.69 Å². The van der Waals surface area contributed by atoms with Gasteiger partial charge in [0.15, 0.2) is 0 Å². The van der Waals surface area contributed by atoms with E-state index in [9.17, 15) is 5.11 Å². The molecule has 0 saturated heterocycles. The van der Waals surface area contributed by atoms with Crippen molar-refractivity contribution in [2.45, 2.75) is 13.5 Å². The molecule has 0 fully saturated rings. The van der Waals surface area contributed by atoms with Crippen molar-refractivity contribution in [1.82, 2.24) is 9.88 Å². The molecule has 12 heavy (non-hydrogen) atoms. The molecule has 0 aliphatic rings. The van der Waals surface area contributed by atoms with Crippen LogP contribution >= 0.6 is 0 Å². The van der Waals surface area contributed by atoms with Crippen molar-refractivity contribution >= 4 is 0 Å². The van der Waals surface area contributed by atoms with Crippen LogP contribution < -0.4 is 0 Å². The van der Waals surface area contributed by atoms with Gasteiger partial charge in [-0.15, -0.1) is 0 Å². The average Bonchev–Trinajstić information content (AvgIpc) is 1.96. The summed E-state index contributed by atoms with van der Waals surface area (Å²) in [6.45, 7) is 2.59. The smallest absolute Gasteiger partial charge is 0.138 e. The van der Waals surface area contributed by atoms with E-state index in [0.29, 0.717) is 6.54 Å². The zero-order chi connectivity index (χ0) is 9.14. The standard InChI is InChI=1S/C9H14N2O/c1-7-4-5-9(12)8(10-7)6-11(2)3/h4-5,12H,6H2,1-3H3. The van der Waals surface area contributed by atoms with Crippen LogP contribution in [0.3, 0.4) is 0 Å². The van der Waals surface area contributed by atoms with Crippen molar-refractivity contribution < 1.29 is 5.11 Å². The average molecular weight is 166 g/mol. The number of nitrogens with zero attached hydrogens (tertiary/aromatic N) is 2. The minimum absolute atomic E-state index is 0.273. The summed E-state index contributed by atoms with van der Waals surface area (Å²) in [5.74, 6) is 0.273. The van der Waals surface area contributed by atoms with E-state index in [1.54, 1.807) is 12.1 Å². The molecule has 0 unspecified atom stereocenters. The Morgan fingerprint density at radius 3 is 2.67 bits per heavy atom. The lowest BCUT2D eigenvalue weighted by atomic mass is 10.3. The number of hydrogen-bond donors (Lipinski definition) is 1. The zero-order valence-electron chi connectivity index (χ0n) is 7.70. The van der Waals surface area contributed by atoms with Gasteiger partial charge in [-0.3, -0.25) is 4.98 Å². The molecule has 0 saturated carbocycles. The summed E-state index contributed by atoms with van der Waals surface area (Å²) < 4.78 is 0. The van der Waals surface area contributed by atoms with Gasteiger partial charge in [0.25, 0.3) is 0 Å². The molecule has 3 nitrogen and oxygen atoms in total. The van der Waals surface area contributed by atoms with Crippen LogP contribution in [0.25, 0.3) is 0 Å². The SMILES string of the molecule is Cc1ccc(O)c(CN(C)C)n1. The molecule has 3 heteroatoms. The molecule has 0 amide bonds. The van der Waals surface area contributed by atoms with Gasteiger partial charge >= 0.3 is 0 Å². The molecule has 0 aliphatic heterocycles. The minimum atomic E-state index is 0.273. The van der Waals surface area contributed by atoms with E-state index in [0.717, 1.165) is 11.4 Å². The molecule has 0 radical (unpaired) electrons. The van der Waals surface area contributed by atoms with E-state index >= 15 is 0 Å². The molecule has 1 aromatic rings. The van der Waals surface area contributed by atoms with Crippen LogP contribution in [0.1, 0.15) is 11.4 Å². The maximum absolute atomic E-state index is 9.39. The van der Waals surface area contributed by atoms with Crippen molar-refractivity contribution in [3.05, 3.63) is 23.5 Å². The van der Waals surface area contributed by atoms with Gasteiger partial charge in [0.1, 0.15) is 5.75 Å². The lowest BCUT2D eigenvalue weighted by molar-refractivity contribution is 0.378. The second kappa shape index (κ2) is 3.54. The van der Waals surface area contributed by atoms with E-state index < -0.39 is 0 Å². The normalized spacial score (nSPS) is 10.7. The predicted molar refractivity (Wildman–Crippen MR) is 48.0 cm³/mol. The van der Waals surface area contributed by atoms with Crippen LogP contribution in [0.4, 0.5) is 0 Å². The molecule has 0 aromatic carbocycles. The van der Waals surface area contributed by atoms with Crippen LogP contribution in [0, 0.1) is 6.92 Å². The van der Waals surface area contributed by atoms with Crippen LogP contribution in [0.5, 0.6) is 5.75 Å². The third-order valence-electron chi connectivity index (χ3n) is 1.56. The predicted octanol–water partition coefficient (Wildman–Crippen LogP) is 1.16. The second-order valence-corrected chi connectivity index (χ2v) is 3.16. The van der Waals surface area contributed by atoms with E-state index in [1.165, 1.54) is 0 Å². The van der Waals surface area contributed by atoms with Crippen molar-refractivity contribution in [2.24, 2.45) is 0 Å². The van der Waals surface area contributed by atoms with Crippen LogP contribution in [-0.2, 0) is 6.54 Å². The van der Waals surface area contributed by atoms with E-state index in [2.05, 4.69) is 4.98 Å². The van der Waals surface area contributed by atoms with Crippen LogP contribution in [0.15, 0.2) is 12.1 Å². The first-order valence-corrected chi connectivity index (χ1v) is 3.90. The molecular formula is C9H14N2O. The number of rotatable bonds is 2. The summed E-state index contributed by atoms with van der Waals surface area (Å²) in [5.41, 5.74) is 1.67. The molecule has 0 bridgehead atoms. The topological polar surface area (TPSA) is 36.4 Å². The van der Waals surface area contributed by atoms with Gasteiger partial charge in [-0.25, -0.2) is 0 Å². The number of aryl methyl sites for hydroxylation is 1.